The first-order chi connectivity index (χ1) is 24.0. The Bertz CT molecular complexity index is 2530. The van der Waals surface area contributed by atoms with Crippen molar-refractivity contribution in [3.8, 4) is 73.0 Å². The van der Waals surface area contributed by atoms with Crippen molar-refractivity contribution < 1.29 is 5.11 Å². The van der Waals surface area contributed by atoms with Crippen LogP contribution in [0.2, 0.25) is 0 Å². The fourth-order valence-corrected chi connectivity index (χ4v) is 7.45. The molecule has 0 saturated carbocycles. The van der Waals surface area contributed by atoms with E-state index in [1.54, 1.807) is 0 Å². The van der Waals surface area contributed by atoms with Crippen LogP contribution in [0.15, 0.2) is 158 Å². The first kappa shape index (κ1) is 28.9. The number of rotatable bonds is 5. The maximum Gasteiger partial charge on any atom is 0.137 e. The molecule has 0 bridgehead atoms. The number of hydrogen-bond acceptors (Lipinski definition) is 3. The molecule has 3 aromatic heterocycles. The van der Waals surface area contributed by atoms with E-state index in [0.29, 0.717) is 0 Å². The minimum absolute atomic E-state index is 0.201. The van der Waals surface area contributed by atoms with Gasteiger partial charge in [-0.05, 0) is 75.8 Å². The molecule has 0 spiro atoms. The Morgan fingerprint density at radius 1 is 0.490 bits per heavy atom. The van der Waals surface area contributed by atoms with Gasteiger partial charge in [0.1, 0.15) is 11.4 Å². The number of imidazole rings is 1. The van der Waals surface area contributed by atoms with Gasteiger partial charge in [-0.1, -0.05) is 123 Å². The average molecular weight is 632 g/mol. The van der Waals surface area contributed by atoms with Crippen LogP contribution >= 0.6 is 0 Å². The molecule has 1 N–H and O–H groups in total. The molecule has 4 nitrogen and oxygen atoms in total. The summed E-state index contributed by atoms with van der Waals surface area (Å²) in [6.07, 6.45) is 2.07. The lowest BCUT2D eigenvalue weighted by atomic mass is 9.81. The largest absolute Gasteiger partial charge is 0.507 e. The highest BCUT2D eigenvalue weighted by Crippen LogP contribution is 2.51. The summed E-state index contributed by atoms with van der Waals surface area (Å²) < 4.78 is 2.15. The molecular formula is C45H33N3O. The third-order valence-corrected chi connectivity index (χ3v) is 9.92. The third kappa shape index (κ3) is 4.76. The number of pyridine rings is 2. The van der Waals surface area contributed by atoms with Crippen LogP contribution in [0.4, 0.5) is 0 Å². The molecule has 0 fully saturated rings. The van der Waals surface area contributed by atoms with Gasteiger partial charge in [-0.2, -0.15) is 0 Å². The van der Waals surface area contributed by atoms with Gasteiger partial charge < -0.3 is 5.11 Å². The van der Waals surface area contributed by atoms with Crippen molar-refractivity contribution in [1.29, 1.82) is 0 Å². The van der Waals surface area contributed by atoms with Gasteiger partial charge in [-0.3, -0.25) is 4.40 Å². The highest BCUT2D eigenvalue weighted by molar-refractivity contribution is 5.88. The van der Waals surface area contributed by atoms with E-state index < -0.39 is 0 Å². The number of fused-ring (bicyclic) bond motifs is 4. The van der Waals surface area contributed by atoms with Crippen molar-refractivity contribution in [3.63, 3.8) is 0 Å². The molecule has 1 aliphatic rings. The highest BCUT2D eigenvalue weighted by Gasteiger charge is 2.36. The summed E-state index contributed by atoms with van der Waals surface area (Å²) in [5.74, 6) is 0.223. The minimum atomic E-state index is -0.201. The summed E-state index contributed by atoms with van der Waals surface area (Å²) in [5, 5.41) is 11.6. The van der Waals surface area contributed by atoms with Crippen molar-refractivity contribution >= 4 is 5.65 Å². The normalized spacial score (nSPS) is 12.9. The Morgan fingerprint density at radius 3 is 1.98 bits per heavy atom. The predicted octanol–water partition coefficient (Wildman–Crippen LogP) is 11.1. The molecule has 1 aliphatic carbocycles. The minimum Gasteiger partial charge on any atom is -0.507 e. The number of aromatic nitrogens is 3. The lowest BCUT2D eigenvalue weighted by molar-refractivity contribution is 0.477. The predicted molar refractivity (Wildman–Crippen MR) is 199 cm³/mol. The van der Waals surface area contributed by atoms with E-state index in [1.165, 1.54) is 16.7 Å². The maximum absolute atomic E-state index is 11.6. The summed E-state index contributed by atoms with van der Waals surface area (Å²) in [6.45, 7) is 4.51. The topological polar surface area (TPSA) is 50.4 Å². The Kier molecular flexibility index (Phi) is 6.60. The molecule has 234 valence electrons. The molecule has 0 atom stereocenters. The van der Waals surface area contributed by atoms with Gasteiger partial charge in [-0.15, -0.1) is 0 Å². The van der Waals surface area contributed by atoms with Crippen LogP contribution in [0.1, 0.15) is 25.0 Å². The quantitative estimate of drug-likeness (QED) is 0.206. The first-order valence-corrected chi connectivity index (χ1v) is 16.6. The Morgan fingerprint density at radius 2 is 1.16 bits per heavy atom. The van der Waals surface area contributed by atoms with E-state index in [0.717, 1.165) is 67.4 Å². The van der Waals surface area contributed by atoms with Gasteiger partial charge in [-0.25, -0.2) is 9.97 Å². The molecule has 0 saturated heterocycles. The number of nitrogens with zero attached hydrogens (tertiary/aromatic N) is 3. The molecule has 4 heteroatoms. The Hall–Kier alpha value is -6.26. The SMILES string of the molecule is CC1(C)c2ccccc2-c2cc(O)c(-c3cc(-c4ccccc4)cc(-c4cccc(-c5nc6ccccn6c5-c5ccccc5)c4)n3)cc21. The smallest absolute Gasteiger partial charge is 0.137 e. The van der Waals surface area contributed by atoms with Crippen molar-refractivity contribution in [3.05, 3.63) is 169 Å². The van der Waals surface area contributed by atoms with E-state index in [-0.39, 0.29) is 11.2 Å². The Balaban J connectivity index is 1.22. The zero-order valence-corrected chi connectivity index (χ0v) is 27.3. The monoisotopic (exact) mass is 631 g/mol. The second-order valence-corrected chi connectivity index (χ2v) is 13.3. The van der Waals surface area contributed by atoms with Gasteiger partial charge in [0, 0.05) is 33.9 Å². The zero-order valence-electron chi connectivity index (χ0n) is 27.3. The van der Waals surface area contributed by atoms with Crippen LogP contribution in [0.3, 0.4) is 0 Å². The molecule has 0 aliphatic heterocycles. The van der Waals surface area contributed by atoms with Crippen LogP contribution in [0, 0.1) is 0 Å². The average Bonchev–Trinajstić information content (AvgIpc) is 3.64. The van der Waals surface area contributed by atoms with Crippen LogP contribution in [0.5, 0.6) is 5.75 Å². The van der Waals surface area contributed by atoms with Crippen molar-refractivity contribution in [2.75, 3.05) is 0 Å². The lowest BCUT2D eigenvalue weighted by Gasteiger charge is -2.22. The van der Waals surface area contributed by atoms with Gasteiger partial charge >= 0.3 is 0 Å². The molecule has 0 amide bonds. The second kappa shape index (κ2) is 11.2. The van der Waals surface area contributed by atoms with E-state index in [1.807, 2.05) is 36.4 Å². The van der Waals surface area contributed by atoms with Crippen LogP contribution in [0.25, 0.3) is 72.9 Å². The number of benzene rings is 5. The molecule has 0 unspecified atom stereocenters. The van der Waals surface area contributed by atoms with Gasteiger partial charge in [0.15, 0.2) is 0 Å². The van der Waals surface area contributed by atoms with Gasteiger partial charge in [0.05, 0.1) is 22.8 Å². The summed E-state index contributed by atoms with van der Waals surface area (Å²) >= 11 is 0. The first-order valence-electron chi connectivity index (χ1n) is 16.6. The standard InChI is InChI=1S/C45H33N3O/c1-45(2)37-21-10-9-20-34(37)35-28-41(49)36(27-38(35)45)40-26-33(29-14-5-3-6-15-29)25-39(46-40)31-18-13-19-32(24-31)43-44(30-16-7-4-8-17-30)48-23-12-11-22-42(48)47-43/h3-28,49H,1-2H3. The number of phenols is 1. The molecule has 8 aromatic rings. The molecular weight excluding hydrogens is 599 g/mol. The van der Waals surface area contributed by atoms with Gasteiger partial charge in [0.2, 0.25) is 0 Å². The second-order valence-electron chi connectivity index (χ2n) is 13.3. The summed E-state index contributed by atoms with van der Waals surface area (Å²) in [4.78, 5) is 10.4. The number of hydrogen-bond donors (Lipinski definition) is 1. The summed E-state index contributed by atoms with van der Waals surface area (Å²) in [7, 11) is 0. The van der Waals surface area contributed by atoms with E-state index in [2.05, 4.69) is 140 Å². The van der Waals surface area contributed by atoms with Crippen molar-refractivity contribution in [2.24, 2.45) is 0 Å². The van der Waals surface area contributed by atoms with Gasteiger partial charge in [0.25, 0.3) is 0 Å². The highest BCUT2D eigenvalue weighted by atomic mass is 16.3. The summed E-state index contributed by atoms with van der Waals surface area (Å²) in [5.41, 5.74) is 14.9. The van der Waals surface area contributed by atoms with E-state index >= 15 is 0 Å². The third-order valence-electron chi connectivity index (χ3n) is 9.92. The van der Waals surface area contributed by atoms with Crippen LogP contribution < -0.4 is 0 Å². The molecule has 3 heterocycles. The molecule has 5 aromatic carbocycles. The molecule has 49 heavy (non-hydrogen) atoms. The Labute approximate surface area is 285 Å². The van der Waals surface area contributed by atoms with Crippen LogP contribution in [-0.4, -0.2) is 19.5 Å². The van der Waals surface area contributed by atoms with Crippen LogP contribution in [-0.2, 0) is 5.41 Å². The maximum atomic E-state index is 11.6. The fourth-order valence-electron chi connectivity index (χ4n) is 7.45. The lowest BCUT2D eigenvalue weighted by Crippen LogP contribution is -2.15. The van der Waals surface area contributed by atoms with E-state index in [9.17, 15) is 5.11 Å². The molecule has 9 rings (SSSR count). The van der Waals surface area contributed by atoms with Crippen molar-refractivity contribution in [2.45, 2.75) is 19.3 Å². The number of aromatic hydroxyl groups is 1. The zero-order chi connectivity index (χ0) is 33.1. The van der Waals surface area contributed by atoms with E-state index in [4.69, 9.17) is 9.97 Å². The summed E-state index contributed by atoms with van der Waals surface area (Å²) in [6, 6.07) is 52.1. The fraction of sp³-hybridized carbons (Fsp3) is 0.0667. The van der Waals surface area contributed by atoms with Crippen molar-refractivity contribution in [1.82, 2.24) is 14.4 Å². The molecule has 0 radical (unpaired) electrons. The number of phenolic OH excluding ortho intramolecular Hbond substituents is 1.